The van der Waals surface area contributed by atoms with Gasteiger partial charge in [-0.05, 0) is 34.1 Å². The average molecular weight is 427 g/mol. The van der Waals surface area contributed by atoms with Crippen LogP contribution in [0.4, 0.5) is 5.95 Å². The fourth-order valence-electron chi connectivity index (χ4n) is 2.50. The molecule has 0 atom stereocenters. The lowest BCUT2D eigenvalue weighted by atomic mass is 9.93. The lowest BCUT2D eigenvalue weighted by Crippen LogP contribution is -2.50. The van der Waals surface area contributed by atoms with Crippen LogP contribution >= 0.6 is 15.9 Å². The van der Waals surface area contributed by atoms with Gasteiger partial charge >= 0.3 is 0 Å². The van der Waals surface area contributed by atoms with E-state index in [4.69, 9.17) is 9.26 Å². The average Bonchev–Trinajstić information content (AvgIpc) is 2.42. The van der Waals surface area contributed by atoms with E-state index in [1.807, 2.05) is 0 Å². The third kappa shape index (κ3) is 4.41. The topological polar surface area (TPSA) is 59.8 Å². The molecule has 0 radical (unpaired) electrons. The Morgan fingerprint density at radius 2 is 1.76 bits per heavy atom. The van der Waals surface area contributed by atoms with E-state index in [1.165, 1.54) is 0 Å². The molecular formula is C17H27BrN4O2Si. The Bertz CT molecular complexity index is 631. The van der Waals surface area contributed by atoms with Gasteiger partial charge in [0, 0.05) is 25.2 Å². The van der Waals surface area contributed by atoms with Crippen LogP contribution in [0.15, 0.2) is 22.0 Å². The van der Waals surface area contributed by atoms with Crippen LogP contribution < -0.4 is 4.90 Å². The number of rotatable bonds is 5. The van der Waals surface area contributed by atoms with Crippen molar-refractivity contribution in [3.05, 3.63) is 16.9 Å². The van der Waals surface area contributed by atoms with Crippen LogP contribution in [-0.2, 0) is 9.26 Å². The SMILES string of the molecule is CC(C)(C)[Si](C)(C)OC1CC(ON=C2CN(c3ncc(Br)cn3)C2)C1. The zero-order chi connectivity index (χ0) is 18.2. The monoisotopic (exact) mass is 426 g/mol. The minimum atomic E-state index is -1.67. The standard InChI is InChI=1S/C17H27BrN4O2Si/c1-17(2,3)25(4,5)24-15-6-14(7-15)23-21-13-10-22(11-13)16-19-8-12(18)9-20-16/h8-9,14-15H,6-7,10-11H2,1-5H3. The van der Waals surface area contributed by atoms with E-state index in [2.05, 4.69) is 69.8 Å². The van der Waals surface area contributed by atoms with Gasteiger partial charge in [0.2, 0.25) is 5.95 Å². The van der Waals surface area contributed by atoms with E-state index >= 15 is 0 Å². The quantitative estimate of drug-likeness (QED) is 0.526. The highest BCUT2D eigenvalue weighted by Crippen LogP contribution is 2.40. The molecule has 6 nitrogen and oxygen atoms in total. The van der Waals surface area contributed by atoms with E-state index in [1.54, 1.807) is 12.4 Å². The van der Waals surface area contributed by atoms with E-state index in [-0.39, 0.29) is 11.1 Å². The molecule has 0 unspecified atom stereocenters. The fraction of sp³-hybridized carbons (Fsp3) is 0.706. The fourth-order valence-corrected chi connectivity index (χ4v) is 4.09. The molecule has 1 saturated carbocycles. The number of aromatic nitrogens is 2. The van der Waals surface area contributed by atoms with Crippen molar-refractivity contribution in [3.63, 3.8) is 0 Å². The summed E-state index contributed by atoms with van der Waals surface area (Å²) in [6.07, 6.45) is 5.93. The molecule has 0 spiro atoms. The Hall–Kier alpha value is -0.993. The van der Waals surface area contributed by atoms with E-state index in [0.29, 0.717) is 6.10 Å². The molecule has 0 bridgehead atoms. The molecule has 1 aromatic heterocycles. The lowest BCUT2D eigenvalue weighted by Gasteiger charge is -2.44. The molecule has 0 aromatic carbocycles. The number of halogens is 1. The minimum absolute atomic E-state index is 0.195. The van der Waals surface area contributed by atoms with Gasteiger partial charge in [0.15, 0.2) is 8.32 Å². The van der Waals surface area contributed by atoms with Crippen LogP contribution in [-0.4, -0.2) is 49.3 Å². The van der Waals surface area contributed by atoms with E-state index in [9.17, 15) is 0 Å². The summed E-state index contributed by atoms with van der Waals surface area (Å²) in [5, 5.41) is 4.54. The largest absolute Gasteiger partial charge is 0.414 e. The van der Waals surface area contributed by atoms with E-state index in [0.717, 1.165) is 42.1 Å². The zero-order valence-electron chi connectivity index (χ0n) is 15.6. The second-order valence-corrected chi connectivity index (χ2v) is 14.1. The van der Waals surface area contributed by atoms with Crippen LogP contribution in [0.1, 0.15) is 33.6 Å². The molecule has 0 amide bonds. The summed E-state index contributed by atoms with van der Waals surface area (Å²) in [6, 6.07) is 0. The third-order valence-electron chi connectivity index (χ3n) is 5.29. The highest BCUT2D eigenvalue weighted by molar-refractivity contribution is 9.10. The predicted molar refractivity (Wildman–Crippen MR) is 106 cm³/mol. The van der Waals surface area contributed by atoms with Gasteiger partial charge in [0.1, 0.15) is 6.10 Å². The van der Waals surface area contributed by atoms with Gasteiger partial charge in [0.25, 0.3) is 0 Å². The summed E-state index contributed by atoms with van der Waals surface area (Å²) in [5.41, 5.74) is 1.04. The molecular weight excluding hydrogens is 400 g/mol. The molecule has 25 heavy (non-hydrogen) atoms. The first-order valence-corrected chi connectivity index (χ1v) is 12.5. The maximum Gasteiger partial charge on any atom is 0.226 e. The van der Waals surface area contributed by atoms with Crippen molar-refractivity contribution in [1.82, 2.24) is 9.97 Å². The first kappa shape index (κ1) is 18.8. The van der Waals surface area contributed by atoms with Crippen molar-refractivity contribution >= 4 is 35.9 Å². The molecule has 1 aliphatic heterocycles. The summed E-state index contributed by atoms with van der Waals surface area (Å²) >= 11 is 3.34. The van der Waals surface area contributed by atoms with Crippen molar-refractivity contribution < 1.29 is 9.26 Å². The normalized spacial score (nSPS) is 23.8. The Morgan fingerprint density at radius 3 is 2.32 bits per heavy atom. The molecule has 1 aliphatic carbocycles. The summed E-state index contributed by atoms with van der Waals surface area (Å²) in [7, 11) is -1.67. The number of nitrogens with zero attached hydrogens (tertiary/aromatic N) is 4. The number of hydrogen-bond donors (Lipinski definition) is 0. The summed E-state index contributed by atoms with van der Waals surface area (Å²) in [4.78, 5) is 16.3. The van der Waals surface area contributed by atoms with Crippen molar-refractivity contribution in [2.75, 3.05) is 18.0 Å². The molecule has 8 heteroatoms. The zero-order valence-corrected chi connectivity index (χ0v) is 18.2. The van der Waals surface area contributed by atoms with Crippen molar-refractivity contribution in [3.8, 4) is 0 Å². The molecule has 1 aromatic rings. The molecule has 2 fully saturated rings. The number of hydrogen-bond acceptors (Lipinski definition) is 6. The van der Waals surface area contributed by atoms with Crippen LogP contribution in [0.3, 0.4) is 0 Å². The maximum absolute atomic E-state index is 6.38. The van der Waals surface area contributed by atoms with Crippen molar-refractivity contribution in [1.29, 1.82) is 0 Å². The Morgan fingerprint density at radius 1 is 1.16 bits per heavy atom. The molecule has 1 saturated heterocycles. The molecule has 2 aliphatic rings. The number of oxime groups is 1. The van der Waals surface area contributed by atoms with Gasteiger partial charge < -0.3 is 14.2 Å². The Labute approximate surface area is 159 Å². The third-order valence-corrected chi connectivity index (χ3v) is 10.2. The molecule has 138 valence electrons. The second-order valence-electron chi connectivity index (χ2n) is 8.41. The van der Waals surface area contributed by atoms with Crippen molar-refractivity contribution in [2.45, 2.75) is 64.0 Å². The predicted octanol–water partition coefficient (Wildman–Crippen LogP) is 3.98. The lowest BCUT2D eigenvalue weighted by molar-refractivity contribution is -0.0643. The molecule has 2 heterocycles. The van der Waals surface area contributed by atoms with Gasteiger partial charge in [-0.3, -0.25) is 0 Å². The van der Waals surface area contributed by atoms with E-state index < -0.39 is 8.32 Å². The summed E-state index contributed by atoms with van der Waals surface area (Å²) < 4.78 is 7.26. The maximum atomic E-state index is 6.38. The van der Waals surface area contributed by atoms with Gasteiger partial charge in [-0.25, -0.2) is 9.97 Å². The second kappa shape index (κ2) is 6.96. The first-order valence-electron chi connectivity index (χ1n) is 8.76. The van der Waals surface area contributed by atoms with Gasteiger partial charge in [-0.2, -0.15) is 0 Å². The summed E-state index contributed by atoms with van der Waals surface area (Å²) in [6.45, 7) is 12.9. The highest BCUT2D eigenvalue weighted by Gasteiger charge is 2.43. The molecule has 3 rings (SSSR count). The van der Waals surface area contributed by atoms with Gasteiger partial charge in [0.05, 0.1) is 29.4 Å². The molecule has 0 N–H and O–H groups in total. The minimum Gasteiger partial charge on any atom is -0.414 e. The highest BCUT2D eigenvalue weighted by atomic mass is 79.9. The van der Waals surface area contributed by atoms with Gasteiger partial charge in [-0.15, -0.1) is 0 Å². The summed E-state index contributed by atoms with van der Waals surface area (Å²) in [5.74, 6) is 0.730. The van der Waals surface area contributed by atoms with Crippen LogP contribution in [0.5, 0.6) is 0 Å². The number of anilines is 1. The Balaban J connectivity index is 1.38. The Kier molecular flexibility index (Phi) is 5.23. The van der Waals surface area contributed by atoms with Crippen molar-refractivity contribution in [2.24, 2.45) is 5.16 Å². The van der Waals surface area contributed by atoms with Gasteiger partial charge in [-0.1, -0.05) is 25.9 Å². The smallest absolute Gasteiger partial charge is 0.226 e. The first-order chi connectivity index (χ1) is 11.6. The van der Waals surface area contributed by atoms with Crippen LogP contribution in [0.25, 0.3) is 0 Å². The van der Waals surface area contributed by atoms with Crippen LogP contribution in [0.2, 0.25) is 18.1 Å². The van der Waals surface area contributed by atoms with Crippen LogP contribution in [0, 0.1) is 0 Å².